The fourth-order valence-corrected chi connectivity index (χ4v) is 1.78. The lowest BCUT2D eigenvalue weighted by atomic mass is 10.5. The van der Waals surface area contributed by atoms with Crippen LogP contribution in [0.4, 0.5) is 0 Å². The summed E-state index contributed by atoms with van der Waals surface area (Å²) in [5, 5.41) is 0. The molecule has 0 radical (unpaired) electrons. The van der Waals surface area contributed by atoms with Gasteiger partial charge in [-0.25, -0.2) is 4.57 Å². The van der Waals surface area contributed by atoms with Gasteiger partial charge in [-0.05, 0) is 13.8 Å². The average molecular weight is 247 g/mol. The number of rotatable bonds is 4. The minimum absolute atomic E-state index is 0.714. The first kappa shape index (κ1) is 11.6. The highest BCUT2D eigenvalue weighted by molar-refractivity contribution is 9.10. The van der Waals surface area contributed by atoms with Gasteiger partial charge in [-0.1, -0.05) is 15.9 Å². The molecule has 0 spiro atoms. The number of hydrogen-bond donors (Lipinski definition) is 0. The van der Waals surface area contributed by atoms with Gasteiger partial charge in [0, 0.05) is 14.2 Å². The van der Waals surface area contributed by atoms with E-state index < -0.39 is 12.3 Å². The van der Waals surface area contributed by atoms with Gasteiger partial charge in [-0.15, -0.1) is 0 Å². The Labute approximate surface area is 75.0 Å². The van der Waals surface area contributed by atoms with Gasteiger partial charge in [0.1, 0.15) is 4.51 Å². The molecule has 4 nitrogen and oxygen atoms in total. The van der Waals surface area contributed by atoms with Crippen LogP contribution in [0.2, 0.25) is 0 Å². The van der Waals surface area contributed by atoms with Crippen molar-refractivity contribution < 1.29 is 18.1 Å². The first-order valence-corrected chi connectivity index (χ1v) is 5.19. The Morgan fingerprint density at radius 1 is 1.27 bits per heavy atom. The van der Waals surface area contributed by atoms with Crippen LogP contribution < -0.4 is 0 Å². The third-order valence-corrected chi connectivity index (χ3v) is 2.76. The first-order valence-electron chi connectivity index (χ1n) is 2.94. The van der Waals surface area contributed by atoms with Crippen LogP contribution in [0.1, 0.15) is 13.8 Å². The monoisotopic (exact) mass is 246 g/mol. The summed E-state index contributed by atoms with van der Waals surface area (Å²) in [7, 11) is -0.816. The van der Waals surface area contributed by atoms with Crippen LogP contribution in [-0.4, -0.2) is 18.7 Å². The molecule has 68 valence electrons. The normalized spacial score (nSPS) is 13.5. The van der Waals surface area contributed by atoms with Crippen molar-refractivity contribution in [3.63, 3.8) is 0 Å². The molecule has 0 unspecified atom stereocenters. The quantitative estimate of drug-likeness (QED) is 0.565. The molecule has 0 heterocycles. The summed E-state index contributed by atoms with van der Waals surface area (Å²) in [6, 6.07) is 0. The van der Waals surface area contributed by atoms with Crippen LogP contribution >= 0.6 is 23.8 Å². The molecule has 0 aromatic heterocycles. The average Bonchev–Trinajstić information content (AvgIpc) is 1.84. The Bertz CT molecular complexity index is 156. The van der Waals surface area contributed by atoms with Gasteiger partial charge in [0.2, 0.25) is 0 Å². The highest BCUT2D eigenvalue weighted by Crippen LogP contribution is 2.52. The number of phosphoric ester groups is 1. The lowest BCUT2D eigenvalue weighted by Gasteiger charge is -2.21. The largest absolute Gasteiger partial charge is 0.475 e. The molecule has 0 N–H and O–H groups in total. The third kappa shape index (κ3) is 4.93. The molecule has 0 atom stereocenters. The van der Waals surface area contributed by atoms with Gasteiger partial charge >= 0.3 is 7.82 Å². The van der Waals surface area contributed by atoms with Crippen LogP contribution in [0.25, 0.3) is 0 Å². The maximum atomic E-state index is 11.3. The molecule has 0 fully saturated rings. The fraction of sp³-hybridized carbons (Fsp3) is 1.00. The molecule has 0 aromatic carbocycles. The van der Waals surface area contributed by atoms with Gasteiger partial charge in [-0.3, -0.25) is 13.6 Å². The summed E-state index contributed by atoms with van der Waals surface area (Å²) in [6.45, 7) is 3.38. The Kier molecular flexibility index (Phi) is 4.22. The van der Waals surface area contributed by atoms with E-state index in [1.807, 2.05) is 0 Å². The van der Waals surface area contributed by atoms with E-state index in [4.69, 9.17) is 4.52 Å². The Hall–Kier alpha value is 0.590. The number of alkyl halides is 1. The predicted molar refractivity (Wildman–Crippen MR) is 45.7 cm³/mol. The highest BCUT2D eigenvalue weighted by atomic mass is 79.9. The molecule has 0 saturated heterocycles. The van der Waals surface area contributed by atoms with E-state index in [-0.39, 0.29) is 0 Å². The second kappa shape index (κ2) is 4.01. The predicted octanol–water partition coefficient (Wildman–Crippen LogP) is 2.53. The van der Waals surface area contributed by atoms with Gasteiger partial charge < -0.3 is 0 Å². The highest BCUT2D eigenvalue weighted by Gasteiger charge is 2.30. The van der Waals surface area contributed by atoms with Crippen molar-refractivity contribution in [3.05, 3.63) is 0 Å². The summed E-state index contributed by atoms with van der Waals surface area (Å²) >= 11 is 3.14. The number of phosphoric acid groups is 1. The second-order valence-electron chi connectivity index (χ2n) is 2.27. The summed E-state index contributed by atoms with van der Waals surface area (Å²) in [4.78, 5) is 0. The molecule has 0 amide bonds. The zero-order chi connectivity index (χ0) is 9.12. The van der Waals surface area contributed by atoms with E-state index in [0.29, 0.717) is 0 Å². The van der Waals surface area contributed by atoms with Crippen LogP contribution in [0.5, 0.6) is 0 Å². The molecule has 11 heavy (non-hydrogen) atoms. The third-order valence-electron chi connectivity index (χ3n) is 0.776. The minimum Gasteiger partial charge on any atom is -0.290 e. The van der Waals surface area contributed by atoms with E-state index in [9.17, 15) is 4.57 Å². The van der Waals surface area contributed by atoms with Crippen molar-refractivity contribution >= 4 is 23.8 Å². The van der Waals surface area contributed by atoms with E-state index >= 15 is 0 Å². The molecule has 0 bridgehead atoms. The fourth-order valence-electron chi connectivity index (χ4n) is 0.415. The summed E-state index contributed by atoms with van der Waals surface area (Å²) in [6.07, 6.45) is 0. The minimum atomic E-state index is -3.35. The van der Waals surface area contributed by atoms with Crippen LogP contribution in [0.3, 0.4) is 0 Å². The number of hydrogen-bond acceptors (Lipinski definition) is 4. The molecule has 0 rings (SSSR count). The lowest BCUT2D eigenvalue weighted by Crippen LogP contribution is -2.14. The van der Waals surface area contributed by atoms with E-state index in [0.717, 1.165) is 0 Å². The second-order valence-corrected chi connectivity index (χ2v) is 5.98. The molecule has 6 heteroatoms. The van der Waals surface area contributed by atoms with E-state index in [2.05, 4.69) is 25.0 Å². The Morgan fingerprint density at radius 2 is 1.64 bits per heavy atom. The van der Waals surface area contributed by atoms with Gasteiger partial charge in [0.05, 0.1) is 0 Å². The Balaban J connectivity index is 4.21. The molecular weight excluding hydrogens is 235 g/mol. The van der Waals surface area contributed by atoms with Crippen molar-refractivity contribution in [2.45, 2.75) is 18.4 Å². The van der Waals surface area contributed by atoms with Gasteiger partial charge in [-0.2, -0.15) is 0 Å². The van der Waals surface area contributed by atoms with Crippen molar-refractivity contribution in [3.8, 4) is 0 Å². The number of halogens is 1. The zero-order valence-corrected chi connectivity index (χ0v) is 9.44. The smallest absolute Gasteiger partial charge is 0.290 e. The van der Waals surface area contributed by atoms with E-state index in [1.165, 1.54) is 14.2 Å². The van der Waals surface area contributed by atoms with Crippen molar-refractivity contribution in [1.82, 2.24) is 0 Å². The van der Waals surface area contributed by atoms with Gasteiger partial charge in [0.25, 0.3) is 0 Å². The first-order chi connectivity index (χ1) is 4.83. The summed E-state index contributed by atoms with van der Waals surface area (Å²) < 4.78 is 24.6. The van der Waals surface area contributed by atoms with Crippen molar-refractivity contribution in [1.29, 1.82) is 0 Å². The van der Waals surface area contributed by atoms with Gasteiger partial charge in [0.15, 0.2) is 0 Å². The maximum absolute atomic E-state index is 11.3. The van der Waals surface area contributed by atoms with Crippen LogP contribution in [0, 0.1) is 0 Å². The molecule has 0 aliphatic carbocycles. The topological polar surface area (TPSA) is 44.8 Å². The zero-order valence-electron chi connectivity index (χ0n) is 6.96. The molecule has 0 aliphatic heterocycles. The maximum Gasteiger partial charge on any atom is 0.475 e. The molecular formula is C5H12BrO4P. The van der Waals surface area contributed by atoms with E-state index in [1.54, 1.807) is 13.8 Å². The van der Waals surface area contributed by atoms with Crippen molar-refractivity contribution in [2.24, 2.45) is 0 Å². The van der Waals surface area contributed by atoms with Crippen LogP contribution in [-0.2, 0) is 18.1 Å². The van der Waals surface area contributed by atoms with Crippen LogP contribution in [0.15, 0.2) is 0 Å². The molecule has 0 aliphatic rings. The Morgan fingerprint density at radius 3 is 1.73 bits per heavy atom. The summed E-state index contributed by atoms with van der Waals surface area (Å²) in [5.41, 5.74) is 0. The van der Waals surface area contributed by atoms with Crippen molar-refractivity contribution in [2.75, 3.05) is 14.2 Å². The molecule has 0 saturated carbocycles. The molecule has 0 aromatic rings. The SMILES string of the molecule is COP(=O)(OC)OC(C)(C)Br. The lowest BCUT2D eigenvalue weighted by molar-refractivity contribution is 0.109. The standard InChI is InChI=1S/C5H12BrO4P/c1-5(2,6)10-11(7,8-3)9-4/h1-4H3. The summed E-state index contributed by atoms with van der Waals surface area (Å²) in [5.74, 6) is 0.